The molecule has 18 heavy (non-hydrogen) atoms. The summed E-state index contributed by atoms with van der Waals surface area (Å²) in [5, 5.41) is 3.42. The van der Waals surface area contributed by atoms with Crippen LogP contribution in [0, 0.1) is 5.82 Å². The van der Waals surface area contributed by atoms with E-state index < -0.39 is 0 Å². The van der Waals surface area contributed by atoms with Gasteiger partial charge in [0, 0.05) is 17.7 Å². The van der Waals surface area contributed by atoms with E-state index in [0.717, 1.165) is 17.7 Å². The number of rotatable bonds is 2. The molecule has 0 spiro atoms. The first-order chi connectivity index (χ1) is 8.84. The van der Waals surface area contributed by atoms with E-state index in [1.165, 1.54) is 6.07 Å². The van der Waals surface area contributed by atoms with E-state index in [0.29, 0.717) is 12.4 Å². The summed E-state index contributed by atoms with van der Waals surface area (Å²) in [7, 11) is 0. The summed E-state index contributed by atoms with van der Waals surface area (Å²) in [5.41, 5.74) is 1.93. The van der Waals surface area contributed by atoms with E-state index in [9.17, 15) is 4.39 Å². The second-order valence-electron chi connectivity index (χ2n) is 4.36. The molecule has 0 saturated carbocycles. The van der Waals surface area contributed by atoms with Gasteiger partial charge in [0.15, 0.2) is 11.6 Å². The van der Waals surface area contributed by atoms with Crippen LogP contribution < -0.4 is 10.1 Å². The van der Waals surface area contributed by atoms with E-state index in [4.69, 9.17) is 4.74 Å². The van der Waals surface area contributed by atoms with Crippen LogP contribution in [0.5, 0.6) is 5.75 Å². The van der Waals surface area contributed by atoms with Gasteiger partial charge in [-0.1, -0.05) is 30.3 Å². The molecule has 1 unspecified atom stereocenters. The Hall–Kier alpha value is -2.03. The Morgan fingerprint density at radius 3 is 2.72 bits per heavy atom. The molecule has 2 nitrogen and oxygen atoms in total. The van der Waals surface area contributed by atoms with Crippen LogP contribution >= 0.6 is 0 Å². The second kappa shape index (κ2) is 4.69. The van der Waals surface area contributed by atoms with Crippen LogP contribution in [-0.2, 0) is 0 Å². The number of hydrogen-bond donors (Lipinski definition) is 1. The van der Waals surface area contributed by atoms with Crippen molar-refractivity contribution >= 4 is 5.69 Å². The van der Waals surface area contributed by atoms with Gasteiger partial charge in [0.05, 0.1) is 12.6 Å². The molecule has 1 heterocycles. The van der Waals surface area contributed by atoms with Gasteiger partial charge < -0.3 is 10.1 Å². The third-order valence-corrected chi connectivity index (χ3v) is 3.14. The molecule has 1 aliphatic heterocycles. The zero-order valence-electron chi connectivity index (χ0n) is 9.90. The zero-order valence-corrected chi connectivity index (χ0v) is 9.90. The highest BCUT2D eigenvalue weighted by molar-refractivity contribution is 5.48. The van der Waals surface area contributed by atoms with Crippen molar-refractivity contribution in [3.05, 3.63) is 59.9 Å². The molecule has 2 aromatic carbocycles. The summed E-state index contributed by atoms with van der Waals surface area (Å²) in [6.07, 6.45) is 0.839. The molecule has 0 bridgehead atoms. The zero-order chi connectivity index (χ0) is 12.4. The topological polar surface area (TPSA) is 21.3 Å². The van der Waals surface area contributed by atoms with E-state index in [2.05, 4.69) is 5.32 Å². The number of fused-ring (bicyclic) bond motifs is 1. The minimum absolute atomic E-state index is 0.104. The fraction of sp³-hybridized carbons (Fsp3) is 0.200. The Balaban J connectivity index is 1.90. The molecule has 2 aromatic rings. The van der Waals surface area contributed by atoms with Crippen LogP contribution in [0.4, 0.5) is 10.1 Å². The van der Waals surface area contributed by atoms with Crippen LogP contribution in [0.25, 0.3) is 0 Å². The lowest BCUT2D eigenvalue weighted by molar-refractivity contribution is 0.260. The highest BCUT2D eigenvalue weighted by Crippen LogP contribution is 2.35. The van der Waals surface area contributed by atoms with Crippen molar-refractivity contribution in [3.8, 4) is 5.75 Å². The number of benzene rings is 2. The van der Waals surface area contributed by atoms with Crippen molar-refractivity contribution in [2.45, 2.75) is 12.5 Å². The average Bonchev–Trinajstić information content (AvgIpc) is 2.41. The van der Waals surface area contributed by atoms with Crippen molar-refractivity contribution in [1.29, 1.82) is 0 Å². The number of ether oxygens (including phenoxy) is 1. The maximum Gasteiger partial charge on any atom is 0.165 e. The molecule has 0 saturated heterocycles. The lowest BCUT2D eigenvalue weighted by atomic mass is 10.00. The average molecular weight is 243 g/mol. The van der Waals surface area contributed by atoms with Crippen molar-refractivity contribution in [2.24, 2.45) is 0 Å². The van der Waals surface area contributed by atoms with Crippen molar-refractivity contribution < 1.29 is 9.13 Å². The third-order valence-electron chi connectivity index (χ3n) is 3.14. The summed E-state index contributed by atoms with van der Waals surface area (Å²) in [5.74, 6) is 0.101. The molecule has 3 rings (SSSR count). The van der Waals surface area contributed by atoms with E-state index in [1.807, 2.05) is 36.4 Å². The molecule has 0 fully saturated rings. The maximum absolute atomic E-state index is 13.6. The first-order valence-electron chi connectivity index (χ1n) is 6.07. The highest BCUT2D eigenvalue weighted by atomic mass is 19.1. The Kier molecular flexibility index (Phi) is 2.89. The lowest BCUT2D eigenvalue weighted by Crippen LogP contribution is -2.21. The Bertz CT molecular complexity index is 541. The lowest BCUT2D eigenvalue weighted by Gasteiger charge is -2.27. The number of anilines is 1. The minimum atomic E-state index is -0.285. The second-order valence-corrected chi connectivity index (χ2v) is 4.36. The van der Waals surface area contributed by atoms with Gasteiger partial charge in [0.2, 0.25) is 0 Å². The molecule has 0 aliphatic carbocycles. The Morgan fingerprint density at radius 1 is 1.06 bits per heavy atom. The van der Waals surface area contributed by atoms with Crippen LogP contribution in [0.15, 0.2) is 48.5 Å². The Labute approximate surface area is 105 Å². The highest BCUT2D eigenvalue weighted by Gasteiger charge is 2.23. The van der Waals surface area contributed by atoms with Crippen molar-refractivity contribution in [2.75, 3.05) is 11.9 Å². The van der Waals surface area contributed by atoms with Gasteiger partial charge in [-0.05, 0) is 18.2 Å². The maximum atomic E-state index is 13.6. The van der Waals surface area contributed by atoms with Crippen molar-refractivity contribution in [3.63, 3.8) is 0 Å². The molecule has 1 atom stereocenters. The molecule has 3 heteroatoms. The fourth-order valence-corrected chi connectivity index (χ4v) is 2.27. The molecular formula is C15H14FNO. The first kappa shape index (κ1) is 11.1. The molecule has 1 aliphatic rings. The summed E-state index contributed by atoms with van der Waals surface area (Å²) >= 11 is 0. The molecule has 0 amide bonds. The smallest absolute Gasteiger partial charge is 0.165 e. The normalized spacial score (nSPS) is 17.7. The van der Waals surface area contributed by atoms with E-state index in [-0.39, 0.29) is 11.9 Å². The summed E-state index contributed by atoms with van der Waals surface area (Å²) in [6.45, 7) is 0.540. The molecule has 92 valence electrons. The van der Waals surface area contributed by atoms with Crippen LogP contribution in [0.3, 0.4) is 0 Å². The van der Waals surface area contributed by atoms with Gasteiger partial charge in [-0.2, -0.15) is 0 Å². The van der Waals surface area contributed by atoms with E-state index in [1.54, 1.807) is 6.07 Å². The standard InChI is InChI=1S/C15H14FNO/c16-13-8-4-7-12-14(9-10-18-15(12)13)17-11-5-2-1-3-6-11/h1-8,14,17H,9-10H2. The number of hydrogen-bond acceptors (Lipinski definition) is 2. The number of halogens is 1. The summed E-state index contributed by atoms with van der Waals surface area (Å²) in [4.78, 5) is 0. The number of para-hydroxylation sites is 2. The SMILES string of the molecule is Fc1cccc2c1OCCC2Nc1ccccc1. The fourth-order valence-electron chi connectivity index (χ4n) is 2.27. The van der Waals surface area contributed by atoms with Gasteiger partial charge >= 0.3 is 0 Å². The van der Waals surface area contributed by atoms with Crippen LogP contribution in [0.1, 0.15) is 18.0 Å². The molecule has 1 N–H and O–H groups in total. The van der Waals surface area contributed by atoms with Gasteiger partial charge in [-0.3, -0.25) is 0 Å². The van der Waals surface area contributed by atoms with Gasteiger partial charge in [0.25, 0.3) is 0 Å². The molecule has 0 radical (unpaired) electrons. The van der Waals surface area contributed by atoms with E-state index >= 15 is 0 Å². The Morgan fingerprint density at radius 2 is 1.89 bits per heavy atom. The summed E-state index contributed by atoms with van der Waals surface area (Å²) < 4.78 is 19.0. The third kappa shape index (κ3) is 2.04. The summed E-state index contributed by atoms with van der Waals surface area (Å²) in [6, 6.07) is 15.1. The predicted molar refractivity (Wildman–Crippen MR) is 69.3 cm³/mol. The van der Waals surface area contributed by atoms with Crippen LogP contribution in [-0.4, -0.2) is 6.61 Å². The predicted octanol–water partition coefficient (Wildman–Crippen LogP) is 3.76. The molecular weight excluding hydrogens is 229 g/mol. The van der Waals surface area contributed by atoms with Crippen molar-refractivity contribution in [1.82, 2.24) is 0 Å². The van der Waals surface area contributed by atoms with Gasteiger partial charge in [-0.15, -0.1) is 0 Å². The largest absolute Gasteiger partial charge is 0.490 e. The quantitative estimate of drug-likeness (QED) is 0.867. The van der Waals surface area contributed by atoms with Gasteiger partial charge in [0.1, 0.15) is 0 Å². The minimum Gasteiger partial charge on any atom is -0.490 e. The molecule has 0 aromatic heterocycles. The first-order valence-corrected chi connectivity index (χ1v) is 6.07. The van der Waals surface area contributed by atoms with Crippen LogP contribution in [0.2, 0.25) is 0 Å². The monoisotopic (exact) mass is 243 g/mol. The van der Waals surface area contributed by atoms with Gasteiger partial charge in [-0.25, -0.2) is 4.39 Å². The number of nitrogens with one attached hydrogen (secondary N) is 1.